The number of cyclic esters (lactones) is 1. The summed E-state index contributed by atoms with van der Waals surface area (Å²) in [5, 5.41) is 5.49. The van der Waals surface area contributed by atoms with Gasteiger partial charge in [-0.25, -0.2) is 9.18 Å². The lowest BCUT2D eigenvalue weighted by molar-refractivity contribution is -0.121. The third kappa shape index (κ3) is 5.41. The molecule has 3 amide bonds. The smallest absolute Gasteiger partial charge is 0.411 e. The monoisotopic (exact) mass is 513 g/mol. The fraction of sp³-hybridized carbons (Fsp3) is 0.138. The van der Waals surface area contributed by atoms with Crippen LogP contribution >= 0.6 is 0 Å². The van der Waals surface area contributed by atoms with Gasteiger partial charge in [-0.2, -0.15) is 0 Å². The Hall–Kier alpha value is -4.92. The van der Waals surface area contributed by atoms with Crippen molar-refractivity contribution in [3.05, 3.63) is 119 Å². The Balaban J connectivity index is 1.40. The fourth-order valence-corrected chi connectivity index (χ4v) is 4.21. The third-order valence-electron chi connectivity index (χ3n) is 6.18. The van der Waals surface area contributed by atoms with E-state index in [0.717, 1.165) is 11.1 Å². The molecule has 2 atom stereocenters. The number of aryl methyl sites for hydroxylation is 1. The number of hydrogen-bond donors (Lipinski definition) is 2. The molecule has 9 heteroatoms. The third-order valence-corrected chi connectivity index (χ3v) is 6.18. The zero-order valence-electron chi connectivity index (χ0n) is 20.4. The highest BCUT2D eigenvalue weighted by molar-refractivity contribution is 6.02. The van der Waals surface area contributed by atoms with E-state index in [1.165, 1.54) is 35.4 Å². The average molecular weight is 514 g/mol. The maximum Gasteiger partial charge on any atom is 0.411 e. The van der Waals surface area contributed by atoms with Gasteiger partial charge < -0.3 is 19.8 Å². The minimum atomic E-state index is -1.00. The highest BCUT2D eigenvalue weighted by atomic mass is 19.1. The van der Waals surface area contributed by atoms with Crippen molar-refractivity contribution in [2.75, 3.05) is 10.6 Å². The van der Waals surface area contributed by atoms with Crippen molar-refractivity contribution < 1.29 is 27.9 Å². The number of rotatable bonds is 7. The van der Waals surface area contributed by atoms with Crippen LogP contribution in [-0.2, 0) is 16.1 Å². The van der Waals surface area contributed by atoms with Crippen molar-refractivity contribution in [3.63, 3.8) is 0 Å². The molecule has 4 aromatic rings. The highest BCUT2D eigenvalue weighted by Gasteiger charge is 2.47. The molecular weight excluding hydrogens is 489 g/mol. The molecule has 5 rings (SSSR count). The lowest BCUT2D eigenvalue weighted by Crippen LogP contribution is -2.43. The van der Waals surface area contributed by atoms with Crippen molar-refractivity contribution in [1.82, 2.24) is 4.90 Å². The van der Waals surface area contributed by atoms with E-state index in [0.29, 0.717) is 16.9 Å². The summed E-state index contributed by atoms with van der Waals surface area (Å²) in [7, 11) is 0. The molecule has 1 saturated heterocycles. The maximum absolute atomic E-state index is 13.5. The molecule has 192 valence electrons. The molecule has 1 fully saturated rings. The molecule has 0 radical (unpaired) electrons. The first-order chi connectivity index (χ1) is 18.4. The predicted octanol–water partition coefficient (Wildman–Crippen LogP) is 5.68. The van der Waals surface area contributed by atoms with Crippen LogP contribution in [0, 0.1) is 12.7 Å². The first-order valence-electron chi connectivity index (χ1n) is 11.9. The second-order valence-corrected chi connectivity index (χ2v) is 8.91. The zero-order valence-corrected chi connectivity index (χ0v) is 20.4. The molecule has 0 saturated carbocycles. The Kier molecular flexibility index (Phi) is 6.90. The number of carbonyl (C=O) groups excluding carboxylic acids is 3. The number of anilines is 2. The van der Waals surface area contributed by atoms with Crippen molar-refractivity contribution in [2.45, 2.75) is 25.6 Å². The first-order valence-corrected chi connectivity index (χ1v) is 11.9. The molecular formula is C29H24FN3O5. The van der Waals surface area contributed by atoms with Gasteiger partial charge in [0.1, 0.15) is 5.82 Å². The van der Waals surface area contributed by atoms with E-state index in [9.17, 15) is 18.8 Å². The predicted molar refractivity (Wildman–Crippen MR) is 138 cm³/mol. The standard InChI is InChI=1S/C29H24FN3O5/c1-18-4-6-19(7-5-18)17-33-25(28(35)32-23-14-10-21(30)11-15-23)26(38-29(33)36)20-8-12-22(13-9-20)31-27(34)24-3-2-16-37-24/h2-16,25-26H,17H2,1H3,(H,31,34)(H,32,35)/t25-,26+/m1/s1. The molecule has 38 heavy (non-hydrogen) atoms. The molecule has 2 N–H and O–H groups in total. The molecule has 8 nitrogen and oxygen atoms in total. The van der Waals surface area contributed by atoms with Crippen LogP contribution in [0.5, 0.6) is 0 Å². The number of furan rings is 1. The van der Waals surface area contributed by atoms with Crippen molar-refractivity contribution >= 4 is 29.3 Å². The van der Waals surface area contributed by atoms with Gasteiger partial charge in [0.2, 0.25) is 0 Å². The number of nitrogens with one attached hydrogen (secondary N) is 2. The Morgan fingerprint density at radius 1 is 0.895 bits per heavy atom. The van der Waals surface area contributed by atoms with Crippen molar-refractivity contribution in [1.29, 1.82) is 0 Å². The second kappa shape index (κ2) is 10.6. The molecule has 1 aliphatic heterocycles. The Labute approximate surface area is 218 Å². The number of halogens is 1. The molecule has 3 aromatic carbocycles. The van der Waals surface area contributed by atoms with E-state index in [1.54, 1.807) is 36.4 Å². The lowest BCUT2D eigenvalue weighted by Gasteiger charge is -2.24. The van der Waals surface area contributed by atoms with Crippen LogP contribution in [0.2, 0.25) is 0 Å². The number of nitrogens with zero attached hydrogens (tertiary/aromatic N) is 1. The summed E-state index contributed by atoms with van der Waals surface area (Å²) in [5.74, 6) is -1.14. The van der Waals surface area contributed by atoms with Crippen LogP contribution in [0.25, 0.3) is 0 Å². The second-order valence-electron chi connectivity index (χ2n) is 8.91. The number of ether oxygens (including phenoxy) is 1. The lowest BCUT2D eigenvalue weighted by atomic mass is 10.00. The summed E-state index contributed by atoms with van der Waals surface area (Å²) in [5.41, 5.74) is 3.37. The van der Waals surface area contributed by atoms with Gasteiger partial charge >= 0.3 is 6.09 Å². The van der Waals surface area contributed by atoms with E-state index in [1.807, 2.05) is 31.2 Å². The number of carbonyl (C=O) groups is 3. The highest BCUT2D eigenvalue weighted by Crippen LogP contribution is 2.35. The van der Waals surface area contributed by atoms with Gasteiger partial charge in [0.05, 0.1) is 12.8 Å². The van der Waals surface area contributed by atoms with Crippen LogP contribution in [0.4, 0.5) is 20.6 Å². The van der Waals surface area contributed by atoms with E-state index in [-0.39, 0.29) is 12.3 Å². The summed E-state index contributed by atoms with van der Waals surface area (Å²) in [6.45, 7) is 2.12. The Bertz CT molecular complexity index is 1440. The van der Waals surface area contributed by atoms with Gasteiger partial charge in [0.25, 0.3) is 11.8 Å². The first kappa shape index (κ1) is 24.8. The topological polar surface area (TPSA) is 101 Å². The molecule has 1 aromatic heterocycles. The summed E-state index contributed by atoms with van der Waals surface area (Å²) in [6, 6.07) is 21.8. The summed E-state index contributed by atoms with van der Waals surface area (Å²) in [6.07, 6.45) is -0.139. The van der Waals surface area contributed by atoms with Crippen LogP contribution < -0.4 is 10.6 Å². The maximum atomic E-state index is 13.5. The average Bonchev–Trinajstić information content (AvgIpc) is 3.56. The zero-order chi connectivity index (χ0) is 26.6. The van der Waals surface area contributed by atoms with Crippen molar-refractivity contribution in [3.8, 4) is 0 Å². The Morgan fingerprint density at radius 2 is 1.55 bits per heavy atom. The molecule has 0 aliphatic carbocycles. The molecule has 0 bridgehead atoms. The number of hydrogen-bond acceptors (Lipinski definition) is 5. The minimum Gasteiger partial charge on any atom is -0.459 e. The van der Waals surface area contributed by atoms with Gasteiger partial charge in [-0.3, -0.25) is 14.5 Å². The minimum absolute atomic E-state index is 0.161. The summed E-state index contributed by atoms with van der Waals surface area (Å²) < 4.78 is 24.2. The largest absolute Gasteiger partial charge is 0.459 e. The molecule has 0 unspecified atom stereocenters. The van der Waals surface area contributed by atoms with Gasteiger partial charge in [0.15, 0.2) is 17.9 Å². The SMILES string of the molecule is Cc1ccc(CN2C(=O)O[C@@H](c3ccc(NC(=O)c4ccco4)cc3)[C@@H]2C(=O)Nc2ccc(F)cc2)cc1. The van der Waals surface area contributed by atoms with Crippen LogP contribution in [0.1, 0.15) is 33.3 Å². The van der Waals surface area contributed by atoms with Gasteiger partial charge in [-0.1, -0.05) is 42.0 Å². The Morgan fingerprint density at radius 3 is 2.21 bits per heavy atom. The van der Waals surface area contributed by atoms with Crippen LogP contribution in [0.3, 0.4) is 0 Å². The van der Waals surface area contributed by atoms with Gasteiger partial charge in [-0.15, -0.1) is 0 Å². The van der Waals surface area contributed by atoms with Gasteiger partial charge in [-0.05, 0) is 66.6 Å². The van der Waals surface area contributed by atoms with Crippen LogP contribution in [-0.4, -0.2) is 28.8 Å². The van der Waals surface area contributed by atoms with Gasteiger partial charge in [0, 0.05) is 11.4 Å². The molecule has 1 aliphatic rings. The molecule has 2 heterocycles. The van der Waals surface area contributed by atoms with Crippen molar-refractivity contribution in [2.24, 2.45) is 0 Å². The fourth-order valence-electron chi connectivity index (χ4n) is 4.21. The quantitative estimate of drug-likeness (QED) is 0.331. The van der Waals surface area contributed by atoms with E-state index < -0.39 is 35.9 Å². The normalized spacial score (nSPS) is 16.7. The number of benzene rings is 3. The summed E-state index contributed by atoms with van der Waals surface area (Å²) in [4.78, 5) is 40.1. The van der Waals surface area contributed by atoms with E-state index >= 15 is 0 Å². The summed E-state index contributed by atoms with van der Waals surface area (Å²) >= 11 is 0. The van der Waals surface area contributed by atoms with E-state index in [2.05, 4.69) is 10.6 Å². The molecule has 0 spiro atoms. The number of amides is 3. The van der Waals surface area contributed by atoms with Crippen LogP contribution in [0.15, 0.2) is 95.6 Å². The van der Waals surface area contributed by atoms with E-state index in [4.69, 9.17) is 9.15 Å².